The average molecular weight is 777 g/mol. The quantitative estimate of drug-likeness (QED) is 0.156. The molecule has 0 N–H and O–H groups in total. The van der Waals surface area contributed by atoms with E-state index in [0.717, 1.165) is 22.7 Å². The summed E-state index contributed by atoms with van der Waals surface area (Å²) in [6, 6.07) is 88.9. The van der Waals surface area contributed by atoms with Gasteiger partial charge in [0, 0.05) is 33.5 Å². The lowest BCUT2D eigenvalue weighted by Crippen LogP contribution is -2.28. The van der Waals surface area contributed by atoms with Gasteiger partial charge in [-0.15, -0.1) is 0 Å². The van der Waals surface area contributed by atoms with Gasteiger partial charge < -0.3 is 9.47 Å². The Labute approximate surface area is 355 Å². The highest BCUT2D eigenvalue weighted by atomic mass is 15.1. The van der Waals surface area contributed by atoms with E-state index in [1.165, 1.54) is 77.1 Å². The fourth-order valence-corrected chi connectivity index (χ4v) is 10.1. The molecule has 0 radical (unpaired) electrons. The lowest BCUT2D eigenvalue weighted by Gasteiger charge is -2.35. The Morgan fingerprint density at radius 1 is 0.328 bits per heavy atom. The summed E-state index contributed by atoms with van der Waals surface area (Å²) in [5, 5.41) is 5.05. The van der Waals surface area contributed by atoms with Crippen molar-refractivity contribution in [1.82, 2.24) is 4.57 Å². The molecule has 0 amide bonds. The van der Waals surface area contributed by atoms with Gasteiger partial charge in [0.2, 0.25) is 0 Å². The summed E-state index contributed by atoms with van der Waals surface area (Å²) in [7, 11) is 0. The van der Waals surface area contributed by atoms with Crippen LogP contribution in [0, 0.1) is 0 Å². The molecule has 0 saturated carbocycles. The zero-order valence-electron chi connectivity index (χ0n) is 33.5. The average Bonchev–Trinajstić information content (AvgIpc) is 3.82. The Morgan fingerprint density at radius 3 is 1.56 bits per heavy atom. The van der Waals surface area contributed by atoms with Crippen LogP contribution in [0.3, 0.4) is 0 Å². The molecule has 0 saturated heterocycles. The summed E-state index contributed by atoms with van der Waals surface area (Å²) in [6.07, 6.45) is 0. The van der Waals surface area contributed by atoms with E-state index in [1.807, 2.05) is 0 Å². The van der Waals surface area contributed by atoms with Gasteiger partial charge in [-0.05, 0) is 122 Å². The van der Waals surface area contributed by atoms with Crippen LogP contribution in [0.25, 0.3) is 60.5 Å². The number of nitrogens with zero attached hydrogens (tertiary/aromatic N) is 2. The largest absolute Gasteiger partial charge is 0.310 e. The molecule has 2 nitrogen and oxygen atoms in total. The van der Waals surface area contributed by atoms with Gasteiger partial charge >= 0.3 is 0 Å². The monoisotopic (exact) mass is 776 g/mol. The molecule has 0 bridgehead atoms. The molecule has 1 aliphatic carbocycles. The third-order valence-electron chi connectivity index (χ3n) is 12.8. The zero-order chi connectivity index (χ0) is 40.3. The van der Waals surface area contributed by atoms with Crippen LogP contribution >= 0.6 is 0 Å². The zero-order valence-corrected chi connectivity index (χ0v) is 33.5. The van der Waals surface area contributed by atoms with Crippen LogP contribution in [-0.4, -0.2) is 4.57 Å². The van der Waals surface area contributed by atoms with E-state index in [2.05, 4.69) is 252 Å². The standard InChI is InChI=1S/C59H40N2/c1-4-18-45(19-5-1)59(46-20-6-2-7-21-46)55-26-14-12-24-51(55)52-37-36-50(40-56(52)59)60(47-22-8-3-9-23-47)48-32-28-41(29-33-48)42-30-34-49(35-31-42)61-57-27-15-13-25-53(57)54-38-43-16-10-11-17-44(43)39-58(54)61/h1-40H. The first kappa shape index (κ1) is 35.0. The Balaban J connectivity index is 0.952. The molecule has 0 fully saturated rings. The number of aromatic nitrogens is 1. The number of fused-ring (bicyclic) bond motifs is 7. The van der Waals surface area contributed by atoms with Gasteiger partial charge in [-0.3, -0.25) is 0 Å². The van der Waals surface area contributed by atoms with E-state index in [9.17, 15) is 0 Å². The van der Waals surface area contributed by atoms with E-state index in [-0.39, 0.29) is 0 Å². The minimum atomic E-state index is -0.476. The van der Waals surface area contributed by atoms with Crippen molar-refractivity contribution in [3.63, 3.8) is 0 Å². The molecule has 0 spiro atoms. The van der Waals surface area contributed by atoms with Gasteiger partial charge in [0.1, 0.15) is 0 Å². The van der Waals surface area contributed by atoms with Crippen molar-refractivity contribution in [2.24, 2.45) is 0 Å². The molecule has 0 atom stereocenters. The highest BCUT2D eigenvalue weighted by Crippen LogP contribution is 2.57. The second-order valence-electron chi connectivity index (χ2n) is 16.1. The van der Waals surface area contributed by atoms with Crippen LogP contribution in [0.1, 0.15) is 22.3 Å². The fourth-order valence-electron chi connectivity index (χ4n) is 10.1. The first-order chi connectivity index (χ1) is 30.3. The maximum absolute atomic E-state index is 2.44. The molecule has 61 heavy (non-hydrogen) atoms. The molecule has 12 rings (SSSR count). The van der Waals surface area contributed by atoms with E-state index in [0.29, 0.717) is 0 Å². The first-order valence-corrected chi connectivity index (χ1v) is 21.1. The maximum atomic E-state index is 2.44. The topological polar surface area (TPSA) is 8.17 Å². The van der Waals surface area contributed by atoms with E-state index in [1.54, 1.807) is 0 Å². The molecule has 11 aromatic rings. The van der Waals surface area contributed by atoms with Crippen LogP contribution in [-0.2, 0) is 5.41 Å². The number of hydrogen-bond donors (Lipinski definition) is 0. The first-order valence-electron chi connectivity index (χ1n) is 21.1. The van der Waals surface area contributed by atoms with Crippen molar-refractivity contribution in [2.45, 2.75) is 5.41 Å². The van der Waals surface area contributed by atoms with Crippen LogP contribution < -0.4 is 4.90 Å². The number of hydrogen-bond acceptors (Lipinski definition) is 1. The van der Waals surface area contributed by atoms with Crippen LogP contribution in [0.4, 0.5) is 17.1 Å². The van der Waals surface area contributed by atoms with E-state index in [4.69, 9.17) is 0 Å². The van der Waals surface area contributed by atoms with Crippen molar-refractivity contribution >= 4 is 49.6 Å². The van der Waals surface area contributed by atoms with Gasteiger partial charge in [0.15, 0.2) is 0 Å². The predicted molar refractivity (Wildman–Crippen MR) is 256 cm³/mol. The highest BCUT2D eigenvalue weighted by Gasteiger charge is 2.46. The second kappa shape index (κ2) is 14.1. The van der Waals surface area contributed by atoms with Crippen molar-refractivity contribution in [3.8, 4) is 27.9 Å². The number of anilines is 3. The summed E-state index contributed by atoms with van der Waals surface area (Å²) in [6.45, 7) is 0. The molecule has 2 heteroatoms. The van der Waals surface area contributed by atoms with Crippen molar-refractivity contribution in [3.05, 3.63) is 265 Å². The fraction of sp³-hybridized carbons (Fsp3) is 0.0169. The molecular formula is C59H40N2. The molecule has 10 aromatic carbocycles. The van der Waals surface area contributed by atoms with Crippen LogP contribution in [0.2, 0.25) is 0 Å². The number of rotatable bonds is 7. The van der Waals surface area contributed by atoms with Crippen molar-refractivity contribution in [2.75, 3.05) is 4.90 Å². The molecule has 1 aliphatic rings. The molecule has 1 heterocycles. The lowest BCUT2D eigenvalue weighted by atomic mass is 9.67. The summed E-state index contributed by atoms with van der Waals surface area (Å²) in [5.41, 5.74) is 16.5. The summed E-state index contributed by atoms with van der Waals surface area (Å²) in [4.78, 5) is 2.39. The highest BCUT2D eigenvalue weighted by molar-refractivity contribution is 6.13. The van der Waals surface area contributed by atoms with Crippen LogP contribution in [0.5, 0.6) is 0 Å². The van der Waals surface area contributed by atoms with E-state index < -0.39 is 5.41 Å². The minimum Gasteiger partial charge on any atom is -0.310 e. The molecule has 286 valence electrons. The van der Waals surface area contributed by atoms with Gasteiger partial charge in [0.05, 0.1) is 16.4 Å². The SMILES string of the molecule is c1ccc(N(c2ccc(-c3ccc(-n4c5ccccc5c5cc6ccccc6cc54)cc3)cc2)c2ccc3c(c2)C(c2ccccc2)(c2ccccc2)c2ccccc2-3)cc1. The Kier molecular flexibility index (Phi) is 8.11. The van der Waals surface area contributed by atoms with Crippen molar-refractivity contribution in [1.29, 1.82) is 0 Å². The summed E-state index contributed by atoms with van der Waals surface area (Å²) < 4.78 is 2.40. The van der Waals surface area contributed by atoms with Gasteiger partial charge in [-0.1, -0.05) is 176 Å². The predicted octanol–water partition coefficient (Wildman–Crippen LogP) is 15.4. The third-order valence-corrected chi connectivity index (χ3v) is 12.8. The maximum Gasteiger partial charge on any atom is 0.0714 e. The van der Waals surface area contributed by atoms with Gasteiger partial charge in [-0.2, -0.15) is 0 Å². The Morgan fingerprint density at radius 2 is 0.852 bits per heavy atom. The lowest BCUT2D eigenvalue weighted by molar-refractivity contribution is 0.768. The number of para-hydroxylation sites is 2. The van der Waals surface area contributed by atoms with E-state index >= 15 is 0 Å². The van der Waals surface area contributed by atoms with Gasteiger partial charge in [0.25, 0.3) is 0 Å². The third kappa shape index (κ3) is 5.50. The Bertz CT molecular complexity index is 3340. The second-order valence-corrected chi connectivity index (χ2v) is 16.1. The molecule has 0 unspecified atom stereocenters. The number of benzene rings is 10. The van der Waals surface area contributed by atoms with Crippen LogP contribution in [0.15, 0.2) is 243 Å². The molecule has 1 aromatic heterocycles. The normalized spacial score (nSPS) is 12.7. The molecular weight excluding hydrogens is 737 g/mol. The minimum absolute atomic E-state index is 0.476. The van der Waals surface area contributed by atoms with Crippen molar-refractivity contribution < 1.29 is 0 Å². The summed E-state index contributed by atoms with van der Waals surface area (Å²) in [5.74, 6) is 0. The molecule has 0 aliphatic heterocycles. The summed E-state index contributed by atoms with van der Waals surface area (Å²) >= 11 is 0. The van der Waals surface area contributed by atoms with Gasteiger partial charge in [-0.25, -0.2) is 0 Å². The Hall–Kier alpha value is -7.94. The smallest absolute Gasteiger partial charge is 0.0714 e.